The molecule has 1 aromatic carbocycles. The van der Waals surface area contributed by atoms with E-state index < -0.39 is 10.0 Å². The highest BCUT2D eigenvalue weighted by atomic mass is 32.2. The highest BCUT2D eigenvalue weighted by molar-refractivity contribution is 7.92. The number of rotatable bonds is 3. The summed E-state index contributed by atoms with van der Waals surface area (Å²) < 4.78 is 27.4. The largest absolute Gasteiger partial charge is 0.281 e. The van der Waals surface area contributed by atoms with E-state index in [1.807, 2.05) is 32.0 Å². The third-order valence-corrected chi connectivity index (χ3v) is 4.59. The monoisotopic (exact) mass is 279 g/mol. The number of aromatic nitrogens is 2. The van der Waals surface area contributed by atoms with Crippen molar-refractivity contribution in [3.63, 3.8) is 0 Å². The molecule has 0 radical (unpaired) electrons. The Morgan fingerprint density at radius 3 is 2.42 bits per heavy atom. The van der Waals surface area contributed by atoms with E-state index in [1.54, 1.807) is 13.8 Å². The molecule has 0 bridgehead atoms. The Bertz CT molecular complexity index is 698. The first-order valence-electron chi connectivity index (χ1n) is 5.93. The second-order valence-corrected chi connectivity index (χ2v) is 6.31. The molecule has 19 heavy (non-hydrogen) atoms. The van der Waals surface area contributed by atoms with Gasteiger partial charge in [0, 0.05) is 0 Å². The van der Waals surface area contributed by atoms with E-state index in [0.29, 0.717) is 17.1 Å². The summed E-state index contributed by atoms with van der Waals surface area (Å²) in [4.78, 5) is 0.216. The van der Waals surface area contributed by atoms with Gasteiger partial charge in [-0.15, -0.1) is 0 Å². The van der Waals surface area contributed by atoms with Crippen LogP contribution < -0.4 is 4.72 Å². The molecule has 2 rings (SSSR count). The van der Waals surface area contributed by atoms with Crippen molar-refractivity contribution in [3.8, 4) is 0 Å². The standard InChI is InChI=1S/C13H17N3O2S/c1-8-5-6-9(2)12(7-8)16-19(17,18)13-10(3)14-15-11(13)4/h5-7,16H,1-4H3,(H,14,15). The van der Waals surface area contributed by atoms with Crippen LogP contribution in [0.25, 0.3) is 0 Å². The fraction of sp³-hybridized carbons (Fsp3) is 0.308. The van der Waals surface area contributed by atoms with Gasteiger partial charge >= 0.3 is 0 Å². The normalized spacial score (nSPS) is 11.6. The summed E-state index contributed by atoms with van der Waals surface area (Å²) in [5, 5.41) is 6.61. The van der Waals surface area contributed by atoms with Gasteiger partial charge in [0.05, 0.1) is 17.1 Å². The molecule has 0 amide bonds. The van der Waals surface area contributed by atoms with Crippen LogP contribution in [-0.2, 0) is 10.0 Å². The van der Waals surface area contributed by atoms with Crippen molar-refractivity contribution >= 4 is 15.7 Å². The molecule has 0 atom stereocenters. The lowest BCUT2D eigenvalue weighted by atomic mass is 10.1. The first kappa shape index (κ1) is 13.6. The van der Waals surface area contributed by atoms with Gasteiger partial charge in [0.1, 0.15) is 4.90 Å². The van der Waals surface area contributed by atoms with E-state index in [4.69, 9.17) is 0 Å². The SMILES string of the molecule is Cc1ccc(C)c(NS(=O)(=O)c2c(C)n[nH]c2C)c1. The highest BCUT2D eigenvalue weighted by Crippen LogP contribution is 2.23. The molecule has 0 aliphatic rings. The lowest BCUT2D eigenvalue weighted by molar-refractivity contribution is 0.600. The highest BCUT2D eigenvalue weighted by Gasteiger charge is 2.22. The van der Waals surface area contributed by atoms with E-state index in [-0.39, 0.29) is 4.90 Å². The maximum atomic E-state index is 12.4. The molecule has 0 saturated heterocycles. The fourth-order valence-electron chi connectivity index (χ4n) is 1.98. The molecule has 2 N–H and O–H groups in total. The molecule has 1 heterocycles. The number of hydrogen-bond donors (Lipinski definition) is 2. The predicted molar refractivity (Wildman–Crippen MR) is 74.8 cm³/mol. The molecular weight excluding hydrogens is 262 g/mol. The van der Waals surface area contributed by atoms with Crippen LogP contribution in [0.5, 0.6) is 0 Å². The van der Waals surface area contributed by atoms with Gasteiger partial charge in [-0.1, -0.05) is 12.1 Å². The number of anilines is 1. The number of hydrogen-bond acceptors (Lipinski definition) is 3. The summed E-state index contributed by atoms with van der Waals surface area (Å²) >= 11 is 0. The maximum Gasteiger partial charge on any atom is 0.265 e. The van der Waals surface area contributed by atoms with E-state index >= 15 is 0 Å². The summed E-state index contributed by atoms with van der Waals surface area (Å²) in [5.74, 6) is 0. The van der Waals surface area contributed by atoms with Crippen molar-refractivity contribution < 1.29 is 8.42 Å². The van der Waals surface area contributed by atoms with Crippen LogP contribution in [0.4, 0.5) is 5.69 Å². The van der Waals surface area contributed by atoms with E-state index in [9.17, 15) is 8.42 Å². The molecule has 2 aromatic rings. The van der Waals surface area contributed by atoms with Crippen molar-refractivity contribution in [1.82, 2.24) is 10.2 Å². The summed E-state index contributed by atoms with van der Waals surface area (Å²) in [6.45, 7) is 7.15. The summed E-state index contributed by atoms with van der Waals surface area (Å²) in [6, 6.07) is 5.65. The van der Waals surface area contributed by atoms with Crippen LogP contribution >= 0.6 is 0 Å². The number of benzene rings is 1. The minimum Gasteiger partial charge on any atom is -0.281 e. The van der Waals surface area contributed by atoms with Gasteiger partial charge in [0.2, 0.25) is 0 Å². The van der Waals surface area contributed by atoms with Crippen LogP contribution in [0, 0.1) is 27.7 Å². The molecule has 5 nitrogen and oxygen atoms in total. The zero-order valence-electron chi connectivity index (χ0n) is 11.4. The molecule has 0 saturated carbocycles. The number of aryl methyl sites for hydroxylation is 4. The average Bonchev–Trinajstić information content (AvgIpc) is 2.64. The Morgan fingerprint density at radius 1 is 1.16 bits per heavy atom. The second-order valence-electron chi connectivity index (χ2n) is 4.69. The minimum absolute atomic E-state index is 0.216. The Balaban J connectivity index is 2.45. The van der Waals surface area contributed by atoms with Crippen molar-refractivity contribution in [1.29, 1.82) is 0 Å². The van der Waals surface area contributed by atoms with Crippen LogP contribution in [0.2, 0.25) is 0 Å². The molecule has 0 aliphatic heterocycles. The smallest absolute Gasteiger partial charge is 0.265 e. The van der Waals surface area contributed by atoms with Gasteiger partial charge in [0.25, 0.3) is 10.0 Å². The first-order valence-corrected chi connectivity index (χ1v) is 7.41. The summed E-state index contributed by atoms with van der Waals surface area (Å²) in [5.41, 5.74) is 3.49. The maximum absolute atomic E-state index is 12.4. The zero-order chi connectivity index (χ0) is 14.2. The van der Waals surface area contributed by atoms with Crippen molar-refractivity contribution in [2.75, 3.05) is 4.72 Å². The minimum atomic E-state index is -3.61. The Hall–Kier alpha value is -1.82. The van der Waals surface area contributed by atoms with Gasteiger partial charge in [-0.05, 0) is 44.9 Å². The number of aromatic amines is 1. The summed E-state index contributed by atoms with van der Waals surface area (Å²) in [7, 11) is -3.61. The lowest BCUT2D eigenvalue weighted by Gasteiger charge is -2.11. The third kappa shape index (κ3) is 2.63. The molecule has 0 fully saturated rings. The van der Waals surface area contributed by atoms with E-state index in [2.05, 4.69) is 14.9 Å². The second kappa shape index (κ2) is 4.70. The number of sulfonamides is 1. The quantitative estimate of drug-likeness (QED) is 0.906. The number of nitrogens with one attached hydrogen (secondary N) is 2. The molecule has 0 aliphatic carbocycles. The third-order valence-electron chi connectivity index (χ3n) is 2.97. The van der Waals surface area contributed by atoms with Crippen molar-refractivity contribution in [2.45, 2.75) is 32.6 Å². The molecule has 102 valence electrons. The zero-order valence-corrected chi connectivity index (χ0v) is 12.2. The van der Waals surface area contributed by atoms with Crippen molar-refractivity contribution in [2.24, 2.45) is 0 Å². The average molecular weight is 279 g/mol. The van der Waals surface area contributed by atoms with Crippen LogP contribution in [0.1, 0.15) is 22.5 Å². The van der Waals surface area contributed by atoms with Crippen LogP contribution in [0.3, 0.4) is 0 Å². The van der Waals surface area contributed by atoms with Gasteiger partial charge in [0.15, 0.2) is 0 Å². The number of H-pyrrole nitrogens is 1. The molecule has 0 unspecified atom stereocenters. The van der Waals surface area contributed by atoms with Crippen LogP contribution in [-0.4, -0.2) is 18.6 Å². The van der Waals surface area contributed by atoms with Gasteiger partial charge in [-0.3, -0.25) is 9.82 Å². The summed E-state index contributed by atoms with van der Waals surface area (Å²) in [6.07, 6.45) is 0. The molecule has 0 spiro atoms. The fourth-order valence-corrected chi connectivity index (χ4v) is 3.47. The van der Waals surface area contributed by atoms with Crippen LogP contribution in [0.15, 0.2) is 23.1 Å². The number of nitrogens with zero attached hydrogens (tertiary/aromatic N) is 1. The van der Waals surface area contributed by atoms with Crippen molar-refractivity contribution in [3.05, 3.63) is 40.7 Å². The Labute approximate surface area is 113 Å². The van der Waals surface area contributed by atoms with Gasteiger partial charge in [-0.25, -0.2) is 8.42 Å². The predicted octanol–water partition coefficient (Wildman–Crippen LogP) is 2.44. The Morgan fingerprint density at radius 2 is 1.84 bits per heavy atom. The molecule has 6 heteroatoms. The van der Waals surface area contributed by atoms with Gasteiger partial charge in [-0.2, -0.15) is 5.10 Å². The molecule has 1 aromatic heterocycles. The first-order chi connectivity index (χ1) is 8.81. The molecular formula is C13H17N3O2S. The van der Waals surface area contributed by atoms with Gasteiger partial charge < -0.3 is 0 Å². The lowest BCUT2D eigenvalue weighted by Crippen LogP contribution is -2.15. The topological polar surface area (TPSA) is 74.8 Å². The van der Waals surface area contributed by atoms with E-state index in [0.717, 1.165) is 11.1 Å². The Kier molecular flexibility index (Phi) is 3.36. The van der Waals surface area contributed by atoms with E-state index in [1.165, 1.54) is 0 Å².